The topological polar surface area (TPSA) is 12.0 Å². The Labute approximate surface area is 128 Å². The third-order valence-electron chi connectivity index (χ3n) is 2.96. The molecule has 2 rings (SSSR count). The summed E-state index contributed by atoms with van der Waals surface area (Å²) in [5.41, 5.74) is 0.390. The Morgan fingerprint density at radius 1 is 1.05 bits per heavy atom. The highest BCUT2D eigenvalue weighted by molar-refractivity contribution is 9.10. The Kier molecular flexibility index (Phi) is 4.88. The van der Waals surface area contributed by atoms with Gasteiger partial charge in [-0.05, 0) is 52.2 Å². The zero-order chi connectivity index (χ0) is 15.5. The number of benzene rings is 2. The van der Waals surface area contributed by atoms with Gasteiger partial charge in [0, 0.05) is 16.7 Å². The lowest BCUT2D eigenvalue weighted by molar-refractivity contribution is -0.137. The molecular formula is C15H12BrF4N. The maximum Gasteiger partial charge on any atom is 0.416 e. The minimum absolute atomic E-state index is 0.286. The van der Waals surface area contributed by atoms with Gasteiger partial charge in [0.25, 0.3) is 0 Å². The fraction of sp³-hybridized carbons (Fsp3) is 0.200. The van der Waals surface area contributed by atoms with Crippen molar-refractivity contribution in [3.8, 4) is 0 Å². The molecule has 0 spiro atoms. The molecule has 0 radical (unpaired) electrons. The summed E-state index contributed by atoms with van der Waals surface area (Å²) in [6, 6.07) is 9.79. The minimum atomic E-state index is -4.37. The summed E-state index contributed by atoms with van der Waals surface area (Å²) in [6.07, 6.45) is -3.92. The molecule has 0 amide bonds. The summed E-state index contributed by atoms with van der Waals surface area (Å²) in [6.45, 7) is 0.422. The fourth-order valence-electron chi connectivity index (χ4n) is 1.87. The van der Waals surface area contributed by atoms with E-state index in [-0.39, 0.29) is 5.82 Å². The number of nitrogens with one attached hydrogen (secondary N) is 1. The standard InChI is InChI=1S/C15H12BrF4N/c16-12-9-11(15(18,19)20)5-6-14(12)21-8-7-10-3-1-2-4-13(10)17/h1-6,9,21H,7-8H2. The predicted molar refractivity (Wildman–Crippen MR) is 77.7 cm³/mol. The molecule has 112 valence electrons. The molecule has 0 saturated heterocycles. The van der Waals surface area contributed by atoms with Crippen molar-refractivity contribution < 1.29 is 17.6 Å². The van der Waals surface area contributed by atoms with Crippen LogP contribution in [0.5, 0.6) is 0 Å². The molecule has 0 aliphatic rings. The molecule has 1 N–H and O–H groups in total. The van der Waals surface area contributed by atoms with E-state index in [0.29, 0.717) is 28.7 Å². The van der Waals surface area contributed by atoms with Gasteiger partial charge in [-0.2, -0.15) is 13.2 Å². The molecule has 0 unspecified atom stereocenters. The normalized spacial score (nSPS) is 11.5. The second kappa shape index (κ2) is 6.47. The van der Waals surface area contributed by atoms with Crippen LogP contribution in [0.2, 0.25) is 0 Å². The molecule has 0 aliphatic heterocycles. The zero-order valence-corrected chi connectivity index (χ0v) is 12.4. The molecule has 0 aromatic heterocycles. The molecule has 0 atom stereocenters. The van der Waals surface area contributed by atoms with Crippen LogP contribution in [0.4, 0.5) is 23.2 Å². The van der Waals surface area contributed by atoms with Gasteiger partial charge in [-0.25, -0.2) is 4.39 Å². The van der Waals surface area contributed by atoms with Crippen molar-refractivity contribution in [2.75, 3.05) is 11.9 Å². The van der Waals surface area contributed by atoms with Gasteiger partial charge in [0.1, 0.15) is 5.82 Å². The highest BCUT2D eigenvalue weighted by atomic mass is 79.9. The first kappa shape index (κ1) is 15.8. The summed E-state index contributed by atoms with van der Waals surface area (Å²) >= 11 is 3.10. The number of alkyl halides is 3. The smallest absolute Gasteiger partial charge is 0.384 e. The van der Waals surface area contributed by atoms with Gasteiger partial charge in [-0.3, -0.25) is 0 Å². The number of hydrogen-bond donors (Lipinski definition) is 1. The molecule has 2 aromatic carbocycles. The lowest BCUT2D eigenvalue weighted by Crippen LogP contribution is -2.08. The van der Waals surface area contributed by atoms with Crippen molar-refractivity contribution in [2.45, 2.75) is 12.6 Å². The number of halogens is 5. The summed E-state index contributed by atoms with van der Waals surface area (Å²) in [4.78, 5) is 0. The van der Waals surface area contributed by atoms with Gasteiger partial charge in [0.15, 0.2) is 0 Å². The van der Waals surface area contributed by atoms with E-state index in [1.165, 1.54) is 12.1 Å². The summed E-state index contributed by atoms with van der Waals surface area (Å²) in [5.74, 6) is -0.286. The predicted octanol–water partition coefficient (Wildman–Crippen LogP) is 5.26. The lowest BCUT2D eigenvalue weighted by atomic mass is 10.1. The van der Waals surface area contributed by atoms with Gasteiger partial charge in [-0.15, -0.1) is 0 Å². The summed E-state index contributed by atoms with van der Waals surface area (Å²) < 4.78 is 51.3. The van der Waals surface area contributed by atoms with Crippen LogP contribution in [0.25, 0.3) is 0 Å². The molecule has 0 bridgehead atoms. The van der Waals surface area contributed by atoms with Crippen molar-refractivity contribution in [1.29, 1.82) is 0 Å². The van der Waals surface area contributed by atoms with E-state index >= 15 is 0 Å². The molecule has 0 aliphatic carbocycles. The van der Waals surface area contributed by atoms with E-state index in [9.17, 15) is 17.6 Å². The number of anilines is 1. The van der Waals surface area contributed by atoms with Crippen LogP contribution in [0.1, 0.15) is 11.1 Å². The van der Waals surface area contributed by atoms with E-state index in [1.54, 1.807) is 18.2 Å². The maximum atomic E-state index is 13.4. The molecule has 2 aromatic rings. The van der Waals surface area contributed by atoms with Gasteiger partial charge >= 0.3 is 6.18 Å². The molecule has 0 fully saturated rings. The van der Waals surface area contributed by atoms with Crippen LogP contribution in [0.3, 0.4) is 0 Å². The first-order valence-electron chi connectivity index (χ1n) is 6.22. The van der Waals surface area contributed by atoms with Gasteiger partial charge in [0.05, 0.1) is 5.56 Å². The van der Waals surface area contributed by atoms with E-state index in [0.717, 1.165) is 12.1 Å². The Hall–Kier alpha value is -1.56. The molecule has 1 nitrogen and oxygen atoms in total. The van der Waals surface area contributed by atoms with Crippen molar-refractivity contribution in [1.82, 2.24) is 0 Å². The number of rotatable bonds is 4. The maximum absolute atomic E-state index is 13.4. The average molecular weight is 362 g/mol. The van der Waals surface area contributed by atoms with E-state index in [2.05, 4.69) is 21.2 Å². The van der Waals surface area contributed by atoms with Crippen LogP contribution in [-0.2, 0) is 12.6 Å². The molecule has 21 heavy (non-hydrogen) atoms. The van der Waals surface area contributed by atoms with Gasteiger partial charge in [0.2, 0.25) is 0 Å². The zero-order valence-electron chi connectivity index (χ0n) is 10.8. The minimum Gasteiger partial charge on any atom is -0.384 e. The van der Waals surface area contributed by atoms with Gasteiger partial charge in [-0.1, -0.05) is 18.2 Å². The Morgan fingerprint density at radius 2 is 1.76 bits per heavy atom. The Balaban J connectivity index is 2.00. The Morgan fingerprint density at radius 3 is 2.38 bits per heavy atom. The molecule has 6 heteroatoms. The highest BCUT2D eigenvalue weighted by Gasteiger charge is 2.30. The second-order valence-electron chi connectivity index (χ2n) is 4.46. The molecule has 0 heterocycles. The monoisotopic (exact) mass is 361 g/mol. The first-order valence-corrected chi connectivity index (χ1v) is 7.01. The Bertz CT molecular complexity index is 625. The summed E-state index contributed by atoms with van der Waals surface area (Å²) in [5, 5.41) is 2.99. The SMILES string of the molecule is Fc1ccccc1CCNc1ccc(C(F)(F)F)cc1Br. The van der Waals surface area contributed by atoms with E-state index in [4.69, 9.17) is 0 Å². The van der Waals surface area contributed by atoms with Crippen LogP contribution < -0.4 is 5.32 Å². The average Bonchev–Trinajstić information content (AvgIpc) is 2.41. The van der Waals surface area contributed by atoms with E-state index in [1.807, 2.05) is 0 Å². The fourth-order valence-corrected chi connectivity index (χ4v) is 2.39. The quantitative estimate of drug-likeness (QED) is 0.732. The molecule has 0 saturated carbocycles. The van der Waals surface area contributed by atoms with Crippen LogP contribution in [-0.4, -0.2) is 6.54 Å². The van der Waals surface area contributed by atoms with E-state index < -0.39 is 11.7 Å². The van der Waals surface area contributed by atoms with Crippen molar-refractivity contribution >= 4 is 21.6 Å². The second-order valence-corrected chi connectivity index (χ2v) is 5.31. The third kappa shape index (κ3) is 4.20. The van der Waals surface area contributed by atoms with Crippen LogP contribution >= 0.6 is 15.9 Å². The summed E-state index contributed by atoms with van der Waals surface area (Å²) in [7, 11) is 0. The van der Waals surface area contributed by atoms with Crippen molar-refractivity contribution in [3.63, 3.8) is 0 Å². The largest absolute Gasteiger partial charge is 0.416 e. The van der Waals surface area contributed by atoms with Crippen molar-refractivity contribution in [2.24, 2.45) is 0 Å². The molecular weight excluding hydrogens is 350 g/mol. The third-order valence-corrected chi connectivity index (χ3v) is 3.62. The van der Waals surface area contributed by atoms with Crippen LogP contribution in [0, 0.1) is 5.82 Å². The lowest BCUT2D eigenvalue weighted by Gasteiger charge is -2.12. The van der Waals surface area contributed by atoms with Crippen LogP contribution in [0.15, 0.2) is 46.9 Å². The first-order chi connectivity index (χ1) is 9.88. The number of hydrogen-bond acceptors (Lipinski definition) is 1. The highest BCUT2D eigenvalue weighted by Crippen LogP contribution is 2.33. The van der Waals surface area contributed by atoms with Crippen molar-refractivity contribution in [3.05, 3.63) is 63.9 Å². The van der Waals surface area contributed by atoms with Gasteiger partial charge < -0.3 is 5.32 Å².